The second kappa shape index (κ2) is 3.75. The summed E-state index contributed by atoms with van der Waals surface area (Å²) in [5, 5.41) is -0.332. The van der Waals surface area contributed by atoms with Gasteiger partial charge in [0.2, 0.25) is 0 Å². The molecule has 0 aliphatic carbocycles. The molecule has 13 heavy (non-hydrogen) atoms. The van der Waals surface area contributed by atoms with Crippen molar-refractivity contribution in [2.24, 2.45) is 0 Å². The topological polar surface area (TPSA) is 54.5 Å². The highest BCUT2D eigenvalue weighted by Gasteiger charge is 2.31. The van der Waals surface area contributed by atoms with E-state index < -0.39 is 9.84 Å². The average Bonchev–Trinajstić information content (AvgIpc) is 2.32. The SMILES string of the molecule is CC(=O)CS(=O)(=O)C1CCN(C)C1. The number of hydrogen-bond acceptors (Lipinski definition) is 4. The van der Waals surface area contributed by atoms with Crippen LogP contribution >= 0.6 is 0 Å². The molecule has 0 saturated carbocycles. The number of nitrogens with zero attached hydrogens (tertiary/aromatic N) is 1. The Balaban J connectivity index is 2.65. The van der Waals surface area contributed by atoms with E-state index in [1.165, 1.54) is 6.92 Å². The number of rotatable bonds is 3. The van der Waals surface area contributed by atoms with Crippen LogP contribution in [0.5, 0.6) is 0 Å². The molecule has 1 unspecified atom stereocenters. The van der Waals surface area contributed by atoms with Crippen molar-refractivity contribution in [2.75, 3.05) is 25.9 Å². The van der Waals surface area contributed by atoms with Crippen molar-refractivity contribution in [1.29, 1.82) is 0 Å². The van der Waals surface area contributed by atoms with Crippen molar-refractivity contribution >= 4 is 15.6 Å². The first-order chi connectivity index (χ1) is 5.92. The number of Topliss-reactive ketones (excluding diaryl/α,β-unsaturated/α-hetero) is 1. The Morgan fingerprint density at radius 2 is 2.15 bits per heavy atom. The molecule has 0 radical (unpaired) electrons. The Morgan fingerprint density at radius 3 is 2.54 bits per heavy atom. The number of hydrogen-bond donors (Lipinski definition) is 0. The molecule has 0 aromatic rings. The van der Waals surface area contributed by atoms with Crippen LogP contribution in [0.25, 0.3) is 0 Å². The third-order valence-corrected chi connectivity index (χ3v) is 4.47. The fourth-order valence-corrected chi connectivity index (χ4v) is 3.34. The summed E-state index contributed by atoms with van der Waals surface area (Å²) >= 11 is 0. The summed E-state index contributed by atoms with van der Waals surface area (Å²) in [6, 6.07) is 0. The van der Waals surface area contributed by atoms with Gasteiger partial charge in [0.25, 0.3) is 0 Å². The summed E-state index contributed by atoms with van der Waals surface area (Å²) in [6.07, 6.45) is 0.659. The van der Waals surface area contributed by atoms with Crippen molar-refractivity contribution in [3.63, 3.8) is 0 Å². The second-order valence-corrected chi connectivity index (χ2v) is 5.96. The van der Waals surface area contributed by atoms with E-state index in [-0.39, 0.29) is 16.8 Å². The summed E-state index contributed by atoms with van der Waals surface area (Å²) in [5.41, 5.74) is 0. The van der Waals surface area contributed by atoms with Crippen molar-refractivity contribution in [3.8, 4) is 0 Å². The molecule has 0 spiro atoms. The molecular weight excluding hydrogens is 190 g/mol. The lowest BCUT2D eigenvalue weighted by molar-refractivity contribution is -0.114. The van der Waals surface area contributed by atoms with E-state index in [0.29, 0.717) is 13.0 Å². The molecule has 76 valence electrons. The summed E-state index contributed by atoms with van der Waals surface area (Å²) in [5.74, 6) is -0.569. The van der Waals surface area contributed by atoms with Crippen molar-refractivity contribution < 1.29 is 13.2 Å². The summed E-state index contributed by atoms with van der Waals surface area (Å²) in [7, 11) is -1.29. The van der Waals surface area contributed by atoms with Gasteiger partial charge in [-0.25, -0.2) is 8.42 Å². The number of likely N-dealkylation sites (tertiary alicyclic amines) is 1. The Bertz CT molecular complexity index is 297. The van der Waals surface area contributed by atoms with Crippen LogP contribution in [-0.4, -0.2) is 50.2 Å². The third kappa shape index (κ3) is 2.77. The van der Waals surface area contributed by atoms with Gasteiger partial charge in [0.15, 0.2) is 9.84 Å². The van der Waals surface area contributed by atoms with Crippen LogP contribution in [-0.2, 0) is 14.6 Å². The summed E-state index contributed by atoms with van der Waals surface area (Å²) in [6.45, 7) is 2.69. The van der Waals surface area contributed by atoms with Gasteiger partial charge in [-0.1, -0.05) is 0 Å². The maximum absolute atomic E-state index is 11.5. The minimum atomic E-state index is -3.18. The van der Waals surface area contributed by atoms with E-state index in [1.807, 2.05) is 11.9 Å². The van der Waals surface area contributed by atoms with Crippen LogP contribution in [0.2, 0.25) is 0 Å². The fourth-order valence-electron chi connectivity index (χ4n) is 1.59. The molecule has 1 heterocycles. The molecule has 1 aliphatic heterocycles. The zero-order valence-electron chi connectivity index (χ0n) is 7.99. The van der Waals surface area contributed by atoms with Crippen LogP contribution in [0.1, 0.15) is 13.3 Å². The smallest absolute Gasteiger partial charge is 0.161 e. The van der Waals surface area contributed by atoms with Crippen molar-refractivity contribution in [1.82, 2.24) is 4.90 Å². The number of carbonyl (C=O) groups excluding carboxylic acids is 1. The van der Waals surface area contributed by atoms with E-state index in [9.17, 15) is 13.2 Å². The lowest BCUT2D eigenvalue weighted by atomic mass is 10.4. The van der Waals surface area contributed by atoms with Crippen LogP contribution in [0.4, 0.5) is 0 Å². The van der Waals surface area contributed by atoms with Crippen molar-refractivity contribution in [2.45, 2.75) is 18.6 Å². The van der Waals surface area contributed by atoms with E-state index in [1.54, 1.807) is 0 Å². The fraction of sp³-hybridized carbons (Fsp3) is 0.875. The molecular formula is C8H15NO3S. The van der Waals surface area contributed by atoms with E-state index in [4.69, 9.17) is 0 Å². The minimum Gasteiger partial charge on any atom is -0.305 e. The molecule has 1 rings (SSSR count). The normalized spacial score (nSPS) is 24.9. The van der Waals surface area contributed by atoms with Gasteiger partial charge >= 0.3 is 0 Å². The van der Waals surface area contributed by atoms with Gasteiger partial charge in [-0.3, -0.25) is 4.79 Å². The number of sulfone groups is 1. The molecule has 1 fully saturated rings. The van der Waals surface area contributed by atoms with Gasteiger partial charge in [0, 0.05) is 6.54 Å². The molecule has 0 N–H and O–H groups in total. The van der Waals surface area contributed by atoms with Gasteiger partial charge in [0.1, 0.15) is 11.5 Å². The van der Waals surface area contributed by atoms with Gasteiger partial charge < -0.3 is 4.90 Å². The highest BCUT2D eigenvalue weighted by atomic mass is 32.2. The molecule has 0 bridgehead atoms. The van der Waals surface area contributed by atoms with Gasteiger partial charge in [0.05, 0.1) is 5.25 Å². The van der Waals surface area contributed by atoms with Crippen LogP contribution in [0, 0.1) is 0 Å². The Hall–Kier alpha value is -0.420. The Morgan fingerprint density at radius 1 is 1.54 bits per heavy atom. The number of ketones is 1. The lowest BCUT2D eigenvalue weighted by Crippen LogP contribution is -2.29. The molecule has 1 saturated heterocycles. The van der Waals surface area contributed by atoms with Crippen LogP contribution in [0.15, 0.2) is 0 Å². The second-order valence-electron chi connectivity index (χ2n) is 3.68. The predicted octanol–water partition coefficient (Wildman–Crippen LogP) is -0.306. The monoisotopic (exact) mass is 205 g/mol. The van der Waals surface area contributed by atoms with Crippen molar-refractivity contribution in [3.05, 3.63) is 0 Å². The molecule has 0 aromatic heterocycles. The Labute approximate surface area is 78.8 Å². The first kappa shape index (κ1) is 10.7. The molecule has 1 atom stereocenters. The molecule has 5 heteroatoms. The molecule has 0 aromatic carbocycles. The molecule has 0 amide bonds. The largest absolute Gasteiger partial charge is 0.305 e. The zero-order chi connectivity index (χ0) is 10.1. The van der Waals surface area contributed by atoms with Crippen LogP contribution in [0.3, 0.4) is 0 Å². The van der Waals surface area contributed by atoms with E-state index in [2.05, 4.69) is 0 Å². The van der Waals surface area contributed by atoms with Gasteiger partial charge in [-0.15, -0.1) is 0 Å². The first-order valence-electron chi connectivity index (χ1n) is 4.31. The maximum atomic E-state index is 11.5. The van der Waals surface area contributed by atoms with Crippen LogP contribution < -0.4 is 0 Å². The highest BCUT2D eigenvalue weighted by Crippen LogP contribution is 2.15. The van der Waals surface area contributed by atoms with Gasteiger partial charge in [-0.05, 0) is 26.9 Å². The predicted molar refractivity (Wildman–Crippen MR) is 50.4 cm³/mol. The number of carbonyl (C=O) groups is 1. The standard InChI is InChI=1S/C8H15NO3S/c1-7(10)6-13(11,12)8-3-4-9(2)5-8/h8H,3-6H2,1-2H3. The lowest BCUT2D eigenvalue weighted by Gasteiger charge is -2.10. The molecule has 4 nitrogen and oxygen atoms in total. The highest BCUT2D eigenvalue weighted by molar-refractivity contribution is 7.92. The maximum Gasteiger partial charge on any atom is 0.161 e. The zero-order valence-corrected chi connectivity index (χ0v) is 8.80. The minimum absolute atomic E-state index is 0.269. The average molecular weight is 205 g/mol. The first-order valence-corrected chi connectivity index (χ1v) is 6.03. The third-order valence-electron chi connectivity index (χ3n) is 2.26. The summed E-state index contributed by atoms with van der Waals surface area (Å²) in [4.78, 5) is 12.7. The van der Waals surface area contributed by atoms with E-state index in [0.717, 1.165) is 6.54 Å². The van der Waals surface area contributed by atoms with E-state index >= 15 is 0 Å². The Kier molecular flexibility index (Phi) is 3.08. The quantitative estimate of drug-likeness (QED) is 0.634. The molecule has 1 aliphatic rings. The summed E-state index contributed by atoms with van der Waals surface area (Å²) < 4.78 is 23.1. The van der Waals surface area contributed by atoms with Gasteiger partial charge in [-0.2, -0.15) is 0 Å².